The molecule has 0 N–H and O–H groups in total. The van der Waals surface area contributed by atoms with Crippen LogP contribution in [0.15, 0.2) is 29.1 Å². The number of carbonyl (C=O) groups excluding carboxylic acids is 1. The minimum Gasteiger partial charge on any atom is -0.490 e. The highest BCUT2D eigenvalue weighted by molar-refractivity contribution is 6.33. The smallest absolute Gasteiger partial charge is 0.199 e. The summed E-state index contributed by atoms with van der Waals surface area (Å²) in [5, 5.41) is 1.30. The second kappa shape index (κ2) is 9.24. The number of fused-ring (bicyclic) bond motifs is 2. The summed E-state index contributed by atoms with van der Waals surface area (Å²) in [6.45, 7) is 4.69. The number of nitrogens with zero attached hydrogens (tertiary/aromatic N) is 3. The SMILES string of the molecule is CCOc1c(Cl)ccc2c(=O)c3ccc(N(C)CC4CCOCC4)nc3n(CC=O)c12. The lowest BCUT2D eigenvalue weighted by atomic mass is 10.00. The molecule has 0 amide bonds. The average molecular weight is 444 g/mol. The molecule has 3 aromatic rings. The van der Waals surface area contributed by atoms with Gasteiger partial charge in [-0.05, 0) is 49.9 Å². The van der Waals surface area contributed by atoms with E-state index >= 15 is 0 Å². The number of carbonyl (C=O) groups is 1. The van der Waals surface area contributed by atoms with Crippen molar-refractivity contribution in [2.75, 3.05) is 38.3 Å². The quantitative estimate of drug-likeness (QED) is 0.410. The molecule has 4 rings (SSSR count). The highest BCUT2D eigenvalue weighted by atomic mass is 35.5. The first-order valence-electron chi connectivity index (χ1n) is 10.6. The second-order valence-electron chi connectivity index (χ2n) is 7.79. The van der Waals surface area contributed by atoms with Crippen LogP contribution in [0.5, 0.6) is 5.75 Å². The molecule has 1 saturated heterocycles. The topological polar surface area (TPSA) is 73.7 Å². The molecule has 3 heterocycles. The van der Waals surface area contributed by atoms with Gasteiger partial charge in [0.1, 0.15) is 17.8 Å². The third-order valence-corrected chi connectivity index (χ3v) is 6.07. The lowest BCUT2D eigenvalue weighted by molar-refractivity contribution is -0.108. The molecule has 1 aliphatic rings. The molecular formula is C23H26ClN3O4. The van der Waals surface area contributed by atoms with E-state index in [9.17, 15) is 9.59 Å². The van der Waals surface area contributed by atoms with Gasteiger partial charge in [-0.2, -0.15) is 0 Å². The largest absolute Gasteiger partial charge is 0.490 e. The molecule has 8 heteroatoms. The second-order valence-corrected chi connectivity index (χ2v) is 8.20. The van der Waals surface area contributed by atoms with Gasteiger partial charge in [0.25, 0.3) is 0 Å². The standard InChI is InChI=1S/C23H26ClN3O4/c1-3-31-22-18(24)6-4-16-20(22)27(10-11-28)23-17(21(16)29)5-7-19(25-23)26(2)14-15-8-12-30-13-9-15/h4-7,11,15H,3,8-10,12-14H2,1-2H3. The number of hydrogen-bond acceptors (Lipinski definition) is 6. The first-order valence-corrected chi connectivity index (χ1v) is 10.9. The van der Waals surface area contributed by atoms with Crippen molar-refractivity contribution in [2.24, 2.45) is 5.92 Å². The van der Waals surface area contributed by atoms with Crippen LogP contribution in [-0.4, -0.2) is 49.3 Å². The Morgan fingerprint density at radius 1 is 1.26 bits per heavy atom. The number of rotatable bonds is 7. The van der Waals surface area contributed by atoms with E-state index in [0.717, 1.165) is 44.7 Å². The molecule has 164 valence electrons. The van der Waals surface area contributed by atoms with Gasteiger partial charge in [-0.25, -0.2) is 4.98 Å². The van der Waals surface area contributed by atoms with Crippen LogP contribution in [0.2, 0.25) is 5.02 Å². The van der Waals surface area contributed by atoms with Gasteiger partial charge in [-0.1, -0.05) is 11.6 Å². The van der Waals surface area contributed by atoms with E-state index in [2.05, 4.69) is 4.90 Å². The molecule has 1 aromatic carbocycles. The van der Waals surface area contributed by atoms with E-state index in [4.69, 9.17) is 26.1 Å². The van der Waals surface area contributed by atoms with Crippen molar-refractivity contribution < 1.29 is 14.3 Å². The van der Waals surface area contributed by atoms with Gasteiger partial charge in [0, 0.05) is 26.8 Å². The van der Waals surface area contributed by atoms with E-state index in [1.807, 2.05) is 20.0 Å². The Morgan fingerprint density at radius 2 is 2.00 bits per heavy atom. The minimum absolute atomic E-state index is 0.0355. The third kappa shape index (κ3) is 4.12. The van der Waals surface area contributed by atoms with Crippen LogP contribution in [0.25, 0.3) is 21.9 Å². The first-order chi connectivity index (χ1) is 15.0. The molecule has 0 aliphatic carbocycles. The third-order valence-electron chi connectivity index (χ3n) is 5.77. The summed E-state index contributed by atoms with van der Waals surface area (Å²) in [5.41, 5.74) is 0.788. The van der Waals surface area contributed by atoms with E-state index in [-0.39, 0.29) is 12.0 Å². The van der Waals surface area contributed by atoms with E-state index in [0.29, 0.717) is 45.2 Å². The Bertz CT molecular complexity index is 1170. The van der Waals surface area contributed by atoms with E-state index in [1.165, 1.54) is 0 Å². The van der Waals surface area contributed by atoms with Gasteiger partial charge in [-0.3, -0.25) is 4.79 Å². The predicted molar refractivity (Wildman–Crippen MR) is 123 cm³/mol. The fraction of sp³-hybridized carbons (Fsp3) is 0.435. The number of benzene rings is 1. The van der Waals surface area contributed by atoms with Crippen molar-refractivity contribution in [2.45, 2.75) is 26.3 Å². The summed E-state index contributed by atoms with van der Waals surface area (Å²) in [5.74, 6) is 1.68. The maximum atomic E-state index is 13.2. The summed E-state index contributed by atoms with van der Waals surface area (Å²) in [6, 6.07) is 6.97. The van der Waals surface area contributed by atoms with Gasteiger partial charge >= 0.3 is 0 Å². The summed E-state index contributed by atoms with van der Waals surface area (Å²) >= 11 is 6.38. The zero-order valence-electron chi connectivity index (χ0n) is 17.8. The van der Waals surface area contributed by atoms with Crippen LogP contribution in [0.1, 0.15) is 19.8 Å². The van der Waals surface area contributed by atoms with Crippen LogP contribution in [0.4, 0.5) is 5.82 Å². The number of aldehydes is 1. The predicted octanol–water partition coefficient (Wildman–Crippen LogP) is 3.66. The molecule has 31 heavy (non-hydrogen) atoms. The van der Waals surface area contributed by atoms with Gasteiger partial charge in [0.2, 0.25) is 0 Å². The number of pyridine rings is 2. The zero-order valence-corrected chi connectivity index (χ0v) is 18.5. The maximum absolute atomic E-state index is 13.2. The Hall–Kier alpha value is -2.64. The van der Waals surface area contributed by atoms with Gasteiger partial charge in [-0.15, -0.1) is 0 Å². The van der Waals surface area contributed by atoms with Crippen molar-refractivity contribution >= 4 is 45.6 Å². The number of anilines is 1. The number of aromatic nitrogens is 2. The molecule has 0 unspecified atom stereocenters. The fourth-order valence-corrected chi connectivity index (χ4v) is 4.43. The lowest BCUT2D eigenvalue weighted by Crippen LogP contribution is -2.30. The summed E-state index contributed by atoms with van der Waals surface area (Å²) in [6.07, 6.45) is 2.84. The monoisotopic (exact) mass is 443 g/mol. The molecule has 1 fully saturated rings. The zero-order chi connectivity index (χ0) is 22.0. The lowest BCUT2D eigenvalue weighted by Gasteiger charge is -2.28. The van der Waals surface area contributed by atoms with E-state index in [1.54, 1.807) is 22.8 Å². The van der Waals surface area contributed by atoms with Crippen LogP contribution in [0.3, 0.4) is 0 Å². The van der Waals surface area contributed by atoms with Crippen molar-refractivity contribution in [3.05, 3.63) is 39.5 Å². The number of halogens is 1. The number of hydrogen-bond donors (Lipinski definition) is 0. The molecule has 0 radical (unpaired) electrons. The fourth-order valence-electron chi connectivity index (χ4n) is 4.23. The van der Waals surface area contributed by atoms with Crippen molar-refractivity contribution in [1.29, 1.82) is 0 Å². The molecule has 0 atom stereocenters. The van der Waals surface area contributed by atoms with Crippen LogP contribution >= 0.6 is 11.6 Å². The molecular weight excluding hydrogens is 418 g/mol. The van der Waals surface area contributed by atoms with Gasteiger partial charge in [0.15, 0.2) is 11.2 Å². The molecule has 2 aromatic heterocycles. The molecule has 7 nitrogen and oxygen atoms in total. The Balaban J connectivity index is 1.89. The normalized spacial score (nSPS) is 14.8. The summed E-state index contributed by atoms with van der Waals surface area (Å²) < 4.78 is 12.9. The van der Waals surface area contributed by atoms with Crippen molar-refractivity contribution in [3.8, 4) is 5.75 Å². The summed E-state index contributed by atoms with van der Waals surface area (Å²) in [7, 11) is 2.00. The van der Waals surface area contributed by atoms with Crippen LogP contribution in [-0.2, 0) is 16.1 Å². The minimum atomic E-state index is -0.157. The van der Waals surface area contributed by atoms with Crippen molar-refractivity contribution in [1.82, 2.24) is 9.55 Å². The molecule has 0 spiro atoms. The average Bonchev–Trinajstić information content (AvgIpc) is 2.78. The number of ether oxygens (including phenoxy) is 2. The first kappa shape index (κ1) is 21.6. The van der Waals surface area contributed by atoms with Crippen LogP contribution < -0.4 is 15.1 Å². The van der Waals surface area contributed by atoms with E-state index < -0.39 is 0 Å². The van der Waals surface area contributed by atoms with Crippen molar-refractivity contribution in [3.63, 3.8) is 0 Å². The highest BCUT2D eigenvalue weighted by Gasteiger charge is 2.20. The molecule has 1 aliphatic heterocycles. The summed E-state index contributed by atoms with van der Waals surface area (Å²) in [4.78, 5) is 31.7. The Kier molecular flexibility index (Phi) is 6.43. The van der Waals surface area contributed by atoms with Gasteiger partial charge in [0.05, 0.1) is 34.5 Å². The maximum Gasteiger partial charge on any atom is 0.199 e. The Morgan fingerprint density at radius 3 is 2.71 bits per heavy atom. The van der Waals surface area contributed by atoms with Gasteiger partial charge < -0.3 is 23.7 Å². The Labute approximate surface area is 185 Å². The molecule has 0 bridgehead atoms. The highest BCUT2D eigenvalue weighted by Crippen LogP contribution is 2.34. The molecule has 0 saturated carbocycles. The van der Waals surface area contributed by atoms with Crippen LogP contribution in [0, 0.1) is 5.92 Å².